The van der Waals surface area contributed by atoms with Gasteiger partial charge in [-0.3, -0.25) is 0 Å². The lowest BCUT2D eigenvalue weighted by Crippen LogP contribution is -1.95. The number of rotatable bonds is 5. The van der Waals surface area contributed by atoms with Gasteiger partial charge < -0.3 is 9.13 Å². The van der Waals surface area contributed by atoms with Crippen LogP contribution in [0.1, 0.15) is 12.5 Å². The average Bonchev–Trinajstić information content (AvgIpc) is 3.21. The van der Waals surface area contributed by atoms with Crippen LogP contribution < -0.4 is 0 Å². The molecule has 0 amide bonds. The molecule has 6 heteroatoms. The lowest BCUT2D eigenvalue weighted by atomic mass is 10.1. The predicted molar refractivity (Wildman–Crippen MR) is 109 cm³/mol. The smallest absolute Gasteiger partial charge is 0.191 e. The van der Waals surface area contributed by atoms with Crippen molar-refractivity contribution < 1.29 is 0 Å². The highest BCUT2D eigenvalue weighted by molar-refractivity contribution is 7.98. The Labute approximate surface area is 161 Å². The minimum Gasteiger partial charge on any atom is -0.347 e. The molecule has 4 aromatic rings. The van der Waals surface area contributed by atoms with Crippen molar-refractivity contribution in [3.05, 3.63) is 65.3 Å². The minimum absolute atomic E-state index is 0.766. The molecule has 0 aliphatic rings. The summed E-state index contributed by atoms with van der Waals surface area (Å²) in [6.45, 7) is 3.07. The van der Waals surface area contributed by atoms with Gasteiger partial charge in [-0.05, 0) is 24.6 Å². The predicted octanol–water partition coefficient (Wildman–Crippen LogP) is 5.40. The molecule has 26 heavy (non-hydrogen) atoms. The molecule has 2 aromatic heterocycles. The van der Waals surface area contributed by atoms with Crippen LogP contribution in [0.4, 0.5) is 0 Å². The van der Waals surface area contributed by atoms with E-state index >= 15 is 0 Å². The maximum atomic E-state index is 6.26. The Balaban J connectivity index is 1.67. The molecule has 0 saturated heterocycles. The minimum atomic E-state index is 0.766. The van der Waals surface area contributed by atoms with Crippen molar-refractivity contribution in [2.45, 2.75) is 24.4 Å². The second-order valence-electron chi connectivity index (χ2n) is 6.09. The Morgan fingerprint density at radius 3 is 2.62 bits per heavy atom. The maximum absolute atomic E-state index is 6.26. The largest absolute Gasteiger partial charge is 0.347 e. The molecule has 0 N–H and O–H groups in total. The molecule has 2 heterocycles. The molecule has 0 fully saturated rings. The van der Waals surface area contributed by atoms with Crippen molar-refractivity contribution in [1.29, 1.82) is 0 Å². The van der Waals surface area contributed by atoms with Crippen LogP contribution in [0.15, 0.2) is 59.9 Å². The fourth-order valence-electron chi connectivity index (χ4n) is 3.12. The first-order chi connectivity index (χ1) is 12.7. The molecular weight excluding hydrogens is 364 g/mol. The molecule has 0 unspecified atom stereocenters. The van der Waals surface area contributed by atoms with Gasteiger partial charge in [-0.15, -0.1) is 10.2 Å². The number of para-hydroxylation sites is 1. The van der Waals surface area contributed by atoms with Crippen LogP contribution >= 0.6 is 23.4 Å². The molecule has 2 aromatic carbocycles. The molecule has 0 saturated carbocycles. The summed E-state index contributed by atoms with van der Waals surface area (Å²) < 4.78 is 4.30. The van der Waals surface area contributed by atoms with Crippen LogP contribution in [0.5, 0.6) is 0 Å². The normalized spacial score (nSPS) is 11.3. The molecule has 132 valence electrons. The van der Waals surface area contributed by atoms with Crippen molar-refractivity contribution in [1.82, 2.24) is 19.3 Å². The number of thioether (sulfide) groups is 1. The molecule has 4 rings (SSSR count). The summed E-state index contributed by atoms with van der Waals surface area (Å²) in [5.74, 6) is 1.65. The fourth-order valence-corrected chi connectivity index (χ4v) is 4.32. The maximum Gasteiger partial charge on any atom is 0.191 e. The number of benzene rings is 2. The summed E-state index contributed by atoms with van der Waals surface area (Å²) in [6, 6.07) is 16.3. The standard InChI is InChI=1S/C20H19ClN4S/c1-3-25-12-16(15-9-5-7-11-18(15)25)19-22-23-20(24(19)2)26-13-14-8-4-6-10-17(14)21/h4-12H,3,13H2,1-2H3. The van der Waals surface area contributed by atoms with Crippen LogP contribution in [0.2, 0.25) is 5.02 Å². The van der Waals surface area contributed by atoms with E-state index in [2.05, 4.69) is 56.7 Å². The Hall–Kier alpha value is -2.24. The quantitative estimate of drug-likeness (QED) is 0.433. The number of nitrogens with zero attached hydrogens (tertiary/aromatic N) is 4. The topological polar surface area (TPSA) is 35.6 Å². The number of aromatic nitrogens is 4. The summed E-state index contributed by atoms with van der Waals surface area (Å²) >= 11 is 7.90. The van der Waals surface area contributed by atoms with Crippen molar-refractivity contribution in [2.75, 3.05) is 0 Å². The number of hydrogen-bond acceptors (Lipinski definition) is 3. The fraction of sp³-hybridized carbons (Fsp3) is 0.200. The van der Waals surface area contributed by atoms with E-state index in [9.17, 15) is 0 Å². The van der Waals surface area contributed by atoms with Gasteiger partial charge in [-0.25, -0.2) is 0 Å². The van der Waals surface area contributed by atoms with Crippen LogP contribution in [-0.4, -0.2) is 19.3 Å². The number of fused-ring (bicyclic) bond motifs is 1. The van der Waals surface area contributed by atoms with Gasteiger partial charge >= 0.3 is 0 Å². The van der Waals surface area contributed by atoms with Gasteiger partial charge in [0.1, 0.15) is 0 Å². The van der Waals surface area contributed by atoms with E-state index < -0.39 is 0 Å². The highest BCUT2D eigenvalue weighted by atomic mass is 35.5. The second kappa shape index (κ2) is 7.17. The number of hydrogen-bond donors (Lipinski definition) is 0. The lowest BCUT2D eigenvalue weighted by Gasteiger charge is -2.05. The third-order valence-corrected chi connectivity index (χ3v) is 5.96. The first-order valence-corrected chi connectivity index (χ1v) is 9.89. The molecule has 0 radical (unpaired) electrons. The summed E-state index contributed by atoms with van der Waals surface area (Å²) in [5, 5.41) is 11.7. The Morgan fingerprint density at radius 2 is 1.81 bits per heavy atom. The van der Waals surface area contributed by atoms with Gasteiger partial charge in [0.25, 0.3) is 0 Å². The monoisotopic (exact) mass is 382 g/mol. The molecule has 0 bridgehead atoms. The second-order valence-corrected chi connectivity index (χ2v) is 7.44. The molecule has 0 aliphatic heterocycles. The Bertz CT molecular complexity index is 1070. The van der Waals surface area contributed by atoms with Gasteiger partial charge in [0.05, 0.1) is 0 Å². The molecule has 0 atom stereocenters. The number of halogens is 1. The SMILES string of the molecule is CCn1cc(-c2nnc(SCc3ccccc3Cl)n2C)c2ccccc21. The third-order valence-electron chi connectivity index (χ3n) is 4.52. The first-order valence-electron chi connectivity index (χ1n) is 8.53. The van der Waals surface area contributed by atoms with E-state index in [1.54, 1.807) is 11.8 Å². The number of aryl methyl sites for hydroxylation is 1. The van der Waals surface area contributed by atoms with Gasteiger partial charge in [0.15, 0.2) is 11.0 Å². The molecule has 0 aliphatic carbocycles. The highest BCUT2D eigenvalue weighted by Gasteiger charge is 2.16. The van der Waals surface area contributed by atoms with E-state index in [1.165, 1.54) is 10.9 Å². The molecule has 0 spiro atoms. The Kier molecular flexibility index (Phi) is 4.74. The van der Waals surface area contributed by atoms with Crippen molar-refractivity contribution in [3.8, 4) is 11.4 Å². The van der Waals surface area contributed by atoms with E-state index in [0.29, 0.717) is 0 Å². The van der Waals surface area contributed by atoms with E-state index in [-0.39, 0.29) is 0 Å². The van der Waals surface area contributed by atoms with Crippen LogP contribution in [-0.2, 0) is 19.3 Å². The van der Waals surface area contributed by atoms with Gasteiger partial charge in [-0.1, -0.05) is 59.8 Å². The zero-order chi connectivity index (χ0) is 18.1. The van der Waals surface area contributed by atoms with E-state index in [0.717, 1.165) is 39.4 Å². The summed E-state index contributed by atoms with van der Waals surface area (Å²) in [6.07, 6.45) is 2.16. The van der Waals surface area contributed by atoms with E-state index in [4.69, 9.17) is 11.6 Å². The molecular formula is C20H19ClN4S. The van der Waals surface area contributed by atoms with Crippen molar-refractivity contribution in [3.63, 3.8) is 0 Å². The summed E-state index contributed by atoms with van der Waals surface area (Å²) in [4.78, 5) is 0. The van der Waals surface area contributed by atoms with Crippen LogP contribution in [0.3, 0.4) is 0 Å². The average molecular weight is 383 g/mol. The summed E-state index contributed by atoms with van der Waals surface area (Å²) in [5.41, 5.74) is 3.44. The van der Waals surface area contributed by atoms with E-state index in [1.807, 2.05) is 31.3 Å². The van der Waals surface area contributed by atoms with Crippen LogP contribution in [0.25, 0.3) is 22.3 Å². The van der Waals surface area contributed by atoms with Gasteiger partial charge in [0, 0.05) is 47.0 Å². The third kappa shape index (κ3) is 3.02. The van der Waals surface area contributed by atoms with Crippen LogP contribution in [0, 0.1) is 0 Å². The summed E-state index contributed by atoms with van der Waals surface area (Å²) in [7, 11) is 2.02. The highest BCUT2D eigenvalue weighted by Crippen LogP contribution is 2.32. The molecule has 4 nitrogen and oxygen atoms in total. The zero-order valence-corrected chi connectivity index (χ0v) is 16.3. The van der Waals surface area contributed by atoms with Crippen molar-refractivity contribution in [2.24, 2.45) is 7.05 Å². The van der Waals surface area contributed by atoms with Crippen molar-refractivity contribution >= 4 is 34.3 Å². The van der Waals surface area contributed by atoms with Gasteiger partial charge in [0.2, 0.25) is 0 Å². The Morgan fingerprint density at radius 1 is 1.04 bits per heavy atom. The first kappa shape index (κ1) is 17.2. The lowest BCUT2D eigenvalue weighted by molar-refractivity contribution is 0.787. The van der Waals surface area contributed by atoms with Gasteiger partial charge in [-0.2, -0.15) is 0 Å². The zero-order valence-electron chi connectivity index (χ0n) is 14.7.